The summed E-state index contributed by atoms with van der Waals surface area (Å²) >= 11 is 7.61. The summed E-state index contributed by atoms with van der Waals surface area (Å²) in [6, 6.07) is 13.2. The fourth-order valence-corrected chi connectivity index (χ4v) is 3.57. The number of carbonyl (C=O) groups is 1. The Morgan fingerprint density at radius 3 is 2.65 bits per heavy atom. The average Bonchev–Trinajstić information content (AvgIpc) is 2.67. The van der Waals surface area contributed by atoms with Crippen LogP contribution in [0.1, 0.15) is 0 Å². The first-order chi connectivity index (χ1) is 12.7. The summed E-state index contributed by atoms with van der Waals surface area (Å²) in [4.78, 5) is 15.6. The van der Waals surface area contributed by atoms with Crippen LogP contribution in [-0.4, -0.2) is 45.1 Å². The number of hydrogen-bond acceptors (Lipinski definition) is 5. The number of methoxy groups -OCH3 is 1. The predicted molar refractivity (Wildman–Crippen MR) is 107 cm³/mol. The van der Waals surface area contributed by atoms with Crippen LogP contribution in [0.25, 0.3) is 0 Å². The van der Waals surface area contributed by atoms with E-state index in [-0.39, 0.29) is 5.91 Å². The molecule has 1 N–H and O–H groups in total. The Labute approximate surface area is 162 Å². The standard InChI is InChI=1S/C19H21ClN2O3S/c1-24-15-3-5-16(6-4-15)26-13-19(23)21-17-12-14(20)2-7-18(17)22-8-10-25-11-9-22/h2-7,12H,8-11,13H2,1H3,(H,21,23). The highest BCUT2D eigenvalue weighted by molar-refractivity contribution is 8.00. The number of anilines is 2. The van der Waals surface area contributed by atoms with E-state index in [0.29, 0.717) is 24.0 Å². The fraction of sp³-hybridized carbons (Fsp3) is 0.316. The zero-order valence-corrected chi connectivity index (χ0v) is 16.1. The molecule has 0 unspecified atom stereocenters. The number of benzene rings is 2. The maximum Gasteiger partial charge on any atom is 0.234 e. The molecule has 0 aromatic heterocycles. The zero-order valence-electron chi connectivity index (χ0n) is 14.5. The minimum atomic E-state index is -0.0670. The van der Waals surface area contributed by atoms with Crippen LogP contribution < -0.4 is 15.0 Å². The third-order valence-corrected chi connectivity index (χ3v) is 5.26. The van der Waals surface area contributed by atoms with Crippen molar-refractivity contribution in [2.75, 3.05) is 49.4 Å². The van der Waals surface area contributed by atoms with Gasteiger partial charge in [-0.3, -0.25) is 4.79 Å². The Morgan fingerprint density at radius 2 is 1.96 bits per heavy atom. The number of carbonyl (C=O) groups excluding carboxylic acids is 1. The maximum atomic E-state index is 12.4. The summed E-state index contributed by atoms with van der Waals surface area (Å²) in [5.41, 5.74) is 1.71. The minimum Gasteiger partial charge on any atom is -0.497 e. The molecule has 3 rings (SSSR count). The summed E-state index contributed by atoms with van der Waals surface area (Å²) in [6.07, 6.45) is 0. The van der Waals surface area contributed by atoms with Crippen molar-refractivity contribution in [3.8, 4) is 5.75 Å². The molecule has 138 valence electrons. The van der Waals surface area contributed by atoms with Gasteiger partial charge in [0.05, 0.1) is 37.5 Å². The van der Waals surface area contributed by atoms with Crippen molar-refractivity contribution in [3.05, 3.63) is 47.5 Å². The SMILES string of the molecule is COc1ccc(SCC(=O)Nc2cc(Cl)ccc2N2CCOCC2)cc1. The lowest BCUT2D eigenvalue weighted by Gasteiger charge is -2.30. The molecular weight excluding hydrogens is 372 g/mol. The molecule has 1 aliphatic rings. The van der Waals surface area contributed by atoms with E-state index in [0.717, 1.165) is 35.1 Å². The lowest BCUT2D eigenvalue weighted by atomic mass is 10.2. The molecule has 1 aliphatic heterocycles. The number of thioether (sulfide) groups is 1. The average molecular weight is 393 g/mol. The summed E-state index contributed by atoms with van der Waals surface area (Å²) < 4.78 is 10.5. The first-order valence-electron chi connectivity index (χ1n) is 8.34. The van der Waals surface area contributed by atoms with E-state index in [4.69, 9.17) is 21.1 Å². The molecule has 0 aliphatic carbocycles. The highest BCUT2D eigenvalue weighted by Gasteiger charge is 2.16. The van der Waals surface area contributed by atoms with Crippen molar-refractivity contribution >= 4 is 40.6 Å². The van der Waals surface area contributed by atoms with Crippen molar-refractivity contribution in [1.82, 2.24) is 0 Å². The third kappa shape index (κ3) is 5.06. The second kappa shape index (κ2) is 9.16. The van der Waals surface area contributed by atoms with E-state index < -0.39 is 0 Å². The molecule has 2 aromatic carbocycles. The van der Waals surface area contributed by atoms with Crippen molar-refractivity contribution in [3.63, 3.8) is 0 Å². The van der Waals surface area contributed by atoms with E-state index in [2.05, 4.69) is 10.2 Å². The molecule has 0 radical (unpaired) electrons. The van der Waals surface area contributed by atoms with Crippen molar-refractivity contribution in [1.29, 1.82) is 0 Å². The van der Waals surface area contributed by atoms with Crippen LogP contribution in [0.15, 0.2) is 47.4 Å². The number of halogens is 1. The Bertz CT molecular complexity index is 749. The number of amides is 1. The summed E-state index contributed by atoms with van der Waals surface area (Å²) in [5, 5.41) is 3.59. The van der Waals surface area contributed by atoms with E-state index in [1.165, 1.54) is 11.8 Å². The second-order valence-corrected chi connectivity index (χ2v) is 7.26. The molecule has 0 saturated carbocycles. The number of nitrogens with one attached hydrogen (secondary N) is 1. The molecule has 0 spiro atoms. The first kappa shape index (κ1) is 18.9. The molecule has 26 heavy (non-hydrogen) atoms. The van der Waals surface area contributed by atoms with E-state index in [1.54, 1.807) is 13.2 Å². The van der Waals surface area contributed by atoms with Crippen molar-refractivity contribution in [2.45, 2.75) is 4.90 Å². The maximum absolute atomic E-state index is 12.4. The van der Waals surface area contributed by atoms with Crippen LogP contribution in [0.5, 0.6) is 5.75 Å². The largest absolute Gasteiger partial charge is 0.497 e. The Balaban J connectivity index is 1.63. The van der Waals surface area contributed by atoms with Gasteiger partial charge in [0.15, 0.2) is 0 Å². The summed E-state index contributed by atoms with van der Waals surface area (Å²) in [5.74, 6) is 1.05. The van der Waals surface area contributed by atoms with Gasteiger partial charge in [-0.25, -0.2) is 0 Å². The molecule has 5 nitrogen and oxygen atoms in total. The van der Waals surface area contributed by atoms with Gasteiger partial charge in [0.25, 0.3) is 0 Å². The first-order valence-corrected chi connectivity index (χ1v) is 9.71. The Hall–Kier alpha value is -1.89. The number of morpholine rings is 1. The van der Waals surface area contributed by atoms with E-state index >= 15 is 0 Å². The van der Waals surface area contributed by atoms with Gasteiger partial charge in [0.1, 0.15) is 5.75 Å². The van der Waals surface area contributed by atoms with Crippen LogP contribution in [0.4, 0.5) is 11.4 Å². The highest BCUT2D eigenvalue weighted by atomic mass is 35.5. The van der Waals surface area contributed by atoms with E-state index in [9.17, 15) is 4.79 Å². The topological polar surface area (TPSA) is 50.8 Å². The zero-order chi connectivity index (χ0) is 18.4. The van der Waals surface area contributed by atoms with Gasteiger partial charge >= 0.3 is 0 Å². The van der Waals surface area contributed by atoms with Crippen LogP contribution >= 0.6 is 23.4 Å². The molecule has 1 saturated heterocycles. The number of ether oxygens (including phenoxy) is 2. The quantitative estimate of drug-likeness (QED) is 0.755. The second-order valence-electron chi connectivity index (χ2n) is 5.77. The van der Waals surface area contributed by atoms with Crippen LogP contribution in [0.3, 0.4) is 0 Å². The molecule has 1 heterocycles. The van der Waals surface area contributed by atoms with Gasteiger partial charge in [0, 0.05) is 23.0 Å². The van der Waals surface area contributed by atoms with Gasteiger partial charge in [-0.2, -0.15) is 0 Å². The molecule has 0 atom stereocenters. The highest BCUT2D eigenvalue weighted by Crippen LogP contribution is 2.30. The predicted octanol–water partition coefficient (Wildman–Crippen LogP) is 3.92. The summed E-state index contributed by atoms with van der Waals surface area (Å²) in [7, 11) is 1.63. The summed E-state index contributed by atoms with van der Waals surface area (Å²) in [6.45, 7) is 2.96. The number of hydrogen-bond donors (Lipinski definition) is 1. The minimum absolute atomic E-state index is 0.0670. The van der Waals surface area contributed by atoms with Crippen molar-refractivity contribution < 1.29 is 14.3 Å². The van der Waals surface area contributed by atoms with Gasteiger partial charge in [-0.15, -0.1) is 11.8 Å². The molecule has 1 amide bonds. The molecule has 0 bridgehead atoms. The van der Waals surface area contributed by atoms with Gasteiger partial charge in [-0.1, -0.05) is 11.6 Å². The van der Waals surface area contributed by atoms with Gasteiger partial charge < -0.3 is 19.7 Å². The Kier molecular flexibility index (Phi) is 6.66. The van der Waals surface area contributed by atoms with Crippen LogP contribution in [0.2, 0.25) is 5.02 Å². The lowest BCUT2D eigenvalue weighted by Crippen LogP contribution is -2.36. The fourth-order valence-electron chi connectivity index (χ4n) is 2.70. The van der Waals surface area contributed by atoms with Crippen LogP contribution in [-0.2, 0) is 9.53 Å². The Morgan fingerprint density at radius 1 is 1.23 bits per heavy atom. The monoisotopic (exact) mass is 392 g/mol. The van der Waals surface area contributed by atoms with Crippen LogP contribution in [0, 0.1) is 0 Å². The number of rotatable bonds is 6. The third-order valence-electron chi connectivity index (χ3n) is 4.01. The molecule has 7 heteroatoms. The van der Waals surface area contributed by atoms with Gasteiger partial charge in [0.2, 0.25) is 5.91 Å². The smallest absolute Gasteiger partial charge is 0.234 e. The molecular formula is C19H21ClN2O3S. The molecule has 1 fully saturated rings. The van der Waals surface area contributed by atoms with Gasteiger partial charge in [-0.05, 0) is 42.5 Å². The lowest BCUT2D eigenvalue weighted by molar-refractivity contribution is -0.113. The van der Waals surface area contributed by atoms with E-state index in [1.807, 2.05) is 36.4 Å². The number of nitrogens with zero attached hydrogens (tertiary/aromatic N) is 1. The normalized spacial score (nSPS) is 14.2. The van der Waals surface area contributed by atoms with Crippen molar-refractivity contribution in [2.24, 2.45) is 0 Å². The molecule has 2 aromatic rings.